The number of aryl methyl sites for hydroxylation is 1. The molecule has 1 aromatic heterocycles. The Labute approximate surface area is 145 Å². The molecule has 24 heavy (non-hydrogen) atoms. The van der Waals surface area contributed by atoms with E-state index in [1.807, 2.05) is 6.20 Å². The number of hydrogen-bond donors (Lipinski definition) is 0. The molecule has 1 fully saturated rings. The van der Waals surface area contributed by atoms with E-state index in [9.17, 15) is 4.79 Å². The first-order valence-corrected chi connectivity index (χ1v) is 9.52. The Morgan fingerprint density at radius 2 is 1.75 bits per heavy atom. The standard InChI is InChI=1S/C19H32N2O3/c1-3-4-5-6-7-8-9-10-11-12-14-21-15-13-20-18(21)16-17(24-16)19(22)23-2/h13,15-17H,3-12,14H2,1-2H3/t16-,17-/m1/s1. The molecule has 0 saturated carbocycles. The number of aromatic nitrogens is 2. The average Bonchev–Trinajstić information content (AvgIpc) is 3.26. The molecule has 0 unspecified atom stereocenters. The third-order valence-electron chi connectivity index (χ3n) is 4.68. The van der Waals surface area contributed by atoms with Crippen molar-refractivity contribution in [2.24, 2.45) is 0 Å². The van der Waals surface area contributed by atoms with Gasteiger partial charge in [0.15, 0.2) is 12.2 Å². The highest BCUT2D eigenvalue weighted by atomic mass is 16.6. The van der Waals surface area contributed by atoms with Crippen LogP contribution >= 0.6 is 0 Å². The van der Waals surface area contributed by atoms with Gasteiger partial charge in [-0.25, -0.2) is 9.78 Å². The first kappa shape index (κ1) is 19.0. The van der Waals surface area contributed by atoms with Gasteiger partial charge in [0.1, 0.15) is 5.82 Å². The molecule has 0 aromatic carbocycles. The number of ether oxygens (including phenoxy) is 2. The number of carbonyl (C=O) groups excluding carboxylic acids is 1. The van der Waals surface area contributed by atoms with E-state index in [0.717, 1.165) is 18.8 Å². The van der Waals surface area contributed by atoms with Crippen molar-refractivity contribution in [3.8, 4) is 0 Å². The summed E-state index contributed by atoms with van der Waals surface area (Å²) >= 11 is 0. The average molecular weight is 336 g/mol. The van der Waals surface area contributed by atoms with Crippen LogP contribution in [0.2, 0.25) is 0 Å². The lowest BCUT2D eigenvalue weighted by atomic mass is 10.1. The zero-order valence-corrected chi connectivity index (χ0v) is 15.2. The van der Waals surface area contributed by atoms with Crippen molar-refractivity contribution >= 4 is 5.97 Å². The number of unbranched alkanes of at least 4 members (excludes halogenated alkanes) is 9. The molecule has 0 bridgehead atoms. The van der Waals surface area contributed by atoms with Crippen LogP contribution in [0.15, 0.2) is 12.4 Å². The Bertz CT molecular complexity index is 487. The zero-order valence-electron chi connectivity index (χ0n) is 15.2. The Morgan fingerprint density at radius 1 is 1.12 bits per heavy atom. The van der Waals surface area contributed by atoms with E-state index in [4.69, 9.17) is 9.47 Å². The summed E-state index contributed by atoms with van der Waals surface area (Å²) in [6.07, 6.45) is 16.4. The number of epoxide rings is 1. The number of rotatable bonds is 13. The Morgan fingerprint density at radius 3 is 2.38 bits per heavy atom. The van der Waals surface area contributed by atoms with Crippen LogP contribution < -0.4 is 0 Å². The van der Waals surface area contributed by atoms with E-state index in [2.05, 4.69) is 16.5 Å². The molecule has 0 spiro atoms. The molecular formula is C19H32N2O3. The second-order valence-electron chi connectivity index (χ2n) is 6.66. The van der Waals surface area contributed by atoms with E-state index in [-0.39, 0.29) is 12.1 Å². The quantitative estimate of drug-likeness (QED) is 0.304. The highest BCUT2D eigenvalue weighted by molar-refractivity contribution is 5.78. The summed E-state index contributed by atoms with van der Waals surface area (Å²) in [5.41, 5.74) is 0. The van der Waals surface area contributed by atoms with Gasteiger partial charge in [0.05, 0.1) is 7.11 Å². The topological polar surface area (TPSA) is 56.7 Å². The summed E-state index contributed by atoms with van der Waals surface area (Å²) in [5.74, 6) is 0.537. The molecular weight excluding hydrogens is 304 g/mol. The molecule has 1 aliphatic rings. The fraction of sp³-hybridized carbons (Fsp3) is 0.789. The third kappa shape index (κ3) is 5.93. The van der Waals surface area contributed by atoms with Gasteiger partial charge in [0.25, 0.3) is 0 Å². The van der Waals surface area contributed by atoms with Crippen LogP contribution in [0.3, 0.4) is 0 Å². The molecule has 0 aliphatic carbocycles. The van der Waals surface area contributed by atoms with Gasteiger partial charge >= 0.3 is 5.97 Å². The van der Waals surface area contributed by atoms with Crippen molar-refractivity contribution in [3.05, 3.63) is 18.2 Å². The fourth-order valence-corrected chi connectivity index (χ4v) is 3.14. The van der Waals surface area contributed by atoms with Crippen LogP contribution in [0, 0.1) is 0 Å². The van der Waals surface area contributed by atoms with E-state index < -0.39 is 6.10 Å². The van der Waals surface area contributed by atoms with Crippen LogP contribution in [0.4, 0.5) is 0 Å². The minimum Gasteiger partial charge on any atom is -0.467 e. The van der Waals surface area contributed by atoms with Crippen molar-refractivity contribution in [2.45, 2.75) is 89.9 Å². The lowest BCUT2D eigenvalue weighted by Gasteiger charge is -2.06. The Kier molecular flexibility index (Phi) is 8.29. The summed E-state index contributed by atoms with van der Waals surface area (Å²) in [7, 11) is 1.39. The molecule has 0 amide bonds. The minimum atomic E-state index is -0.469. The van der Waals surface area contributed by atoms with Crippen LogP contribution in [0.25, 0.3) is 0 Å². The van der Waals surface area contributed by atoms with Gasteiger partial charge < -0.3 is 14.0 Å². The van der Waals surface area contributed by atoms with Crippen LogP contribution in [0.5, 0.6) is 0 Å². The summed E-state index contributed by atoms with van der Waals surface area (Å²) in [6.45, 7) is 3.20. The first-order chi connectivity index (χ1) is 11.8. The van der Waals surface area contributed by atoms with Gasteiger partial charge in [-0.1, -0.05) is 64.7 Å². The zero-order chi connectivity index (χ0) is 17.2. The smallest absolute Gasteiger partial charge is 0.338 e. The highest BCUT2D eigenvalue weighted by Gasteiger charge is 2.49. The van der Waals surface area contributed by atoms with E-state index in [0.29, 0.717) is 0 Å². The number of imidazole rings is 1. The van der Waals surface area contributed by atoms with Crippen LogP contribution in [-0.4, -0.2) is 28.7 Å². The predicted molar refractivity (Wildman–Crippen MR) is 93.7 cm³/mol. The second-order valence-corrected chi connectivity index (χ2v) is 6.66. The number of esters is 1. The van der Waals surface area contributed by atoms with Crippen molar-refractivity contribution in [2.75, 3.05) is 7.11 Å². The van der Waals surface area contributed by atoms with E-state index in [1.54, 1.807) is 6.20 Å². The van der Waals surface area contributed by atoms with Crippen molar-refractivity contribution < 1.29 is 14.3 Å². The number of methoxy groups -OCH3 is 1. The fourth-order valence-electron chi connectivity index (χ4n) is 3.14. The normalized spacial score (nSPS) is 19.4. The monoisotopic (exact) mass is 336 g/mol. The van der Waals surface area contributed by atoms with Gasteiger partial charge in [0, 0.05) is 18.9 Å². The SMILES string of the molecule is CCCCCCCCCCCCn1ccnc1[C@@H]1O[C@H]1C(=O)OC. The number of carbonyl (C=O) groups is 1. The summed E-state index contributed by atoms with van der Waals surface area (Å²) in [4.78, 5) is 15.8. The predicted octanol–water partition coefficient (Wildman–Crippen LogP) is 4.42. The van der Waals surface area contributed by atoms with E-state index in [1.165, 1.54) is 64.9 Å². The van der Waals surface area contributed by atoms with Gasteiger partial charge in [-0.05, 0) is 6.42 Å². The molecule has 0 N–H and O–H groups in total. The minimum absolute atomic E-state index is 0.226. The highest BCUT2D eigenvalue weighted by Crippen LogP contribution is 2.38. The second kappa shape index (κ2) is 10.5. The van der Waals surface area contributed by atoms with Gasteiger partial charge in [-0.15, -0.1) is 0 Å². The molecule has 2 atom stereocenters. The van der Waals surface area contributed by atoms with E-state index >= 15 is 0 Å². The van der Waals surface area contributed by atoms with Crippen LogP contribution in [-0.2, 0) is 20.8 Å². The molecule has 1 saturated heterocycles. The molecule has 5 heteroatoms. The van der Waals surface area contributed by atoms with Crippen molar-refractivity contribution in [1.29, 1.82) is 0 Å². The largest absolute Gasteiger partial charge is 0.467 e. The summed E-state index contributed by atoms with van der Waals surface area (Å²) in [6, 6.07) is 0. The number of hydrogen-bond acceptors (Lipinski definition) is 4. The first-order valence-electron chi connectivity index (χ1n) is 9.52. The molecule has 2 heterocycles. The molecule has 2 rings (SSSR count). The van der Waals surface area contributed by atoms with Crippen molar-refractivity contribution in [1.82, 2.24) is 9.55 Å². The summed E-state index contributed by atoms with van der Waals surface area (Å²) in [5, 5.41) is 0. The van der Waals surface area contributed by atoms with Gasteiger partial charge in [-0.3, -0.25) is 0 Å². The molecule has 136 valence electrons. The molecule has 0 radical (unpaired) electrons. The third-order valence-corrected chi connectivity index (χ3v) is 4.68. The Hall–Kier alpha value is -1.36. The van der Waals surface area contributed by atoms with Crippen LogP contribution in [0.1, 0.15) is 83.1 Å². The summed E-state index contributed by atoms with van der Waals surface area (Å²) < 4.78 is 12.2. The Balaban J connectivity index is 1.54. The molecule has 5 nitrogen and oxygen atoms in total. The lowest BCUT2D eigenvalue weighted by Crippen LogP contribution is -2.11. The van der Waals surface area contributed by atoms with Gasteiger partial charge in [0.2, 0.25) is 0 Å². The maximum absolute atomic E-state index is 11.5. The lowest BCUT2D eigenvalue weighted by molar-refractivity contribution is -0.142. The van der Waals surface area contributed by atoms with Gasteiger partial charge in [-0.2, -0.15) is 0 Å². The molecule has 1 aliphatic heterocycles. The maximum Gasteiger partial charge on any atom is 0.338 e. The number of nitrogens with zero attached hydrogens (tertiary/aromatic N) is 2. The maximum atomic E-state index is 11.5. The molecule has 1 aromatic rings. The van der Waals surface area contributed by atoms with Crippen molar-refractivity contribution in [3.63, 3.8) is 0 Å².